The minimum absolute atomic E-state index is 0.426. The fraction of sp³-hybridized carbons (Fsp3) is 0.652. The van der Waals surface area contributed by atoms with Crippen LogP contribution in [0.5, 0.6) is 0 Å². The molecule has 26 heavy (non-hydrogen) atoms. The molecule has 2 nitrogen and oxygen atoms in total. The summed E-state index contributed by atoms with van der Waals surface area (Å²) in [5, 5.41) is 2.26. The van der Waals surface area contributed by atoms with Gasteiger partial charge in [-0.15, -0.1) is 6.58 Å². The van der Waals surface area contributed by atoms with Crippen LogP contribution in [-0.2, 0) is 11.1 Å². The molecule has 0 aliphatic carbocycles. The summed E-state index contributed by atoms with van der Waals surface area (Å²) in [5.74, 6) is 0. The van der Waals surface area contributed by atoms with E-state index < -0.39 is 8.32 Å². The molecule has 0 N–H and O–H groups in total. The van der Waals surface area contributed by atoms with Crippen LogP contribution in [0.25, 0.3) is 0 Å². The van der Waals surface area contributed by atoms with Gasteiger partial charge in [-0.1, -0.05) is 88.3 Å². The van der Waals surface area contributed by atoms with Gasteiger partial charge < -0.3 is 4.53 Å². The van der Waals surface area contributed by atoms with Gasteiger partial charge in [0.05, 0.1) is 0 Å². The Morgan fingerprint density at radius 2 is 1.62 bits per heavy atom. The van der Waals surface area contributed by atoms with Crippen molar-refractivity contribution in [2.45, 2.75) is 96.9 Å². The molecule has 0 aromatic heterocycles. The zero-order valence-corrected chi connectivity index (χ0v) is 18.7. The minimum atomic E-state index is -1.64. The van der Waals surface area contributed by atoms with E-state index in [0.29, 0.717) is 6.04 Å². The molecule has 0 radical (unpaired) electrons. The summed E-state index contributed by atoms with van der Waals surface area (Å²) in [6.07, 6.45) is 13.7. The first-order valence-corrected chi connectivity index (χ1v) is 14.0. The van der Waals surface area contributed by atoms with Gasteiger partial charge in [-0.25, -0.2) is 0 Å². The second kappa shape index (κ2) is 13.3. The van der Waals surface area contributed by atoms with Gasteiger partial charge in [0.1, 0.15) is 0 Å². The highest BCUT2D eigenvalue weighted by Crippen LogP contribution is 2.21. The van der Waals surface area contributed by atoms with Crippen LogP contribution in [0.4, 0.5) is 0 Å². The molecule has 0 amide bonds. The molecule has 0 bridgehead atoms. The molecule has 3 heteroatoms. The molecule has 0 saturated carbocycles. The SMILES string of the molecule is C=CCC(CCCCCCCCC)N(Cc1ccccc1)O[Si](C)(C)C. The predicted molar refractivity (Wildman–Crippen MR) is 118 cm³/mol. The first-order chi connectivity index (χ1) is 12.5. The van der Waals surface area contributed by atoms with E-state index in [1.165, 1.54) is 56.9 Å². The summed E-state index contributed by atoms with van der Waals surface area (Å²) in [5.41, 5.74) is 1.32. The van der Waals surface area contributed by atoms with Crippen LogP contribution < -0.4 is 0 Å². The summed E-state index contributed by atoms with van der Waals surface area (Å²) < 4.78 is 6.49. The second-order valence-corrected chi connectivity index (χ2v) is 12.8. The number of benzene rings is 1. The van der Waals surface area contributed by atoms with E-state index in [1.807, 2.05) is 0 Å². The Labute approximate surface area is 163 Å². The molecular weight excluding hydrogens is 334 g/mol. The second-order valence-electron chi connectivity index (χ2n) is 8.35. The summed E-state index contributed by atoms with van der Waals surface area (Å²) in [4.78, 5) is 0. The van der Waals surface area contributed by atoms with Crippen molar-refractivity contribution < 1.29 is 4.53 Å². The fourth-order valence-corrected chi connectivity index (χ4v) is 4.18. The first kappa shape index (κ1) is 23.1. The van der Waals surface area contributed by atoms with E-state index >= 15 is 0 Å². The topological polar surface area (TPSA) is 12.5 Å². The number of hydrogen-bond donors (Lipinski definition) is 0. The lowest BCUT2D eigenvalue weighted by atomic mass is 10.0. The summed E-state index contributed by atoms with van der Waals surface area (Å²) in [6.45, 7) is 13.9. The van der Waals surface area contributed by atoms with Crippen molar-refractivity contribution in [1.29, 1.82) is 0 Å². The van der Waals surface area contributed by atoms with Crippen molar-refractivity contribution in [3.05, 3.63) is 48.6 Å². The maximum Gasteiger partial charge on any atom is 0.212 e. The van der Waals surface area contributed by atoms with Gasteiger partial charge in [-0.05, 0) is 38.0 Å². The van der Waals surface area contributed by atoms with Gasteiger partial charge in [-0.2, -0.15) is 5.06 Å². The van der Waals surface area contributed by atoms with Crippen LogP contribution in [0.15, 0.2) is 43.0 Å². The Kier molecular flexibility index (Phi) is 11.8. The fourth-order valence-electron chi connectivity index (χ4n) is 3.26. The van der Waals surface area contributed by atoms with Gasteiger partial charge >= 0.3 is 0 Å². The van der Waals surface area contributed by atoms with Crippen LogP contribution >= 0.6 is 0 Å². The molecule has 0 fully saturated rings. The summed E-state index contributed by atoms with van der Waals surface area (Å²) in [7, 11) is -1.64. The van der Waals surface area contributed by atoms with E-state index in [-0.39, 0.29) is 0 Å². The van der Waals surface area contributed by atoms with E-state index in [1.54, 1.807) is 0 Å². The third-order valence-electron chi connectivity index (χ3n) is 4.56. The Hall–Kier alpha value is -0.903. The van der Waals surface area contributed by atoms with Crippen molar-refractivity contribution in [3.63, 3.8) is 0 Å². The van der Waals surface area contributed by atoms with Crippen molar-refractivity contribution in [3.8, 4) is 0 Å². The Morgan fingerprint density at radius 3 is 2.19 bits per heavy atom. The third-order valence-corrected chi connectivity index (χ3v) is 5.34. The average Bonchev–Trinajstić information content (AvgIpc) is 2.59. The number of hydrogen-bond acceptors (Lipinski definition) is 2. The number of unbranched alkanes of at least 4 members (excludes halogenated alkanes) is 6. The predicted octanol–water partition coefficient (Wildman–Crippen LogP) is 7.34. The normalized spacial score (nSPS) is 13.1. The molecule has 1 aromatic rings. The zero-order chi connectivity index (χ0) is 19.3. The lowest BCUT2D eigenvalue weighted by molar-refractivity contribution is -0.115. The monoisotopic (exact) mass is 375 g/mol. The Morgan fingerprint density at radius 1 is 1.00 bits per heavy atom. The highest BCUT2D eigenvalue weighted by atomic mass is 28.4. The van der Waals surface area contributed by atoms with Gasteiger partial charge in [-0.3, -0.25) is 0 Å². The molecule has 0 aliphatic heterocycles. The maximum atomic E-state index is 6.49. The molecule has 148 valence electrons. The van der Waals surface area contributed by atoms with E-state index in [9.17, 15) is 0 Å². The molecule has 1 unspecified atom stereocenters. The molecule has 0 heterocycles. The van der Waals surface area contributed by atoms with E-state index in [2.05, 4.69) is 74.6 Å². The Balaban J connectivity index is 2.60. The minimum Gasteiger partial charge on any atom is -0.343 e. The van der Waals surface area contributed by atoms with Crippen molar-refractivity contribution in [1.82, 2.24) is 5.06 Å². The quantitative estimate of drug-likeness (QED) is 0.138. The number of nitrogens with zero attached hydrogens (tertiary/aromatic N) is 1. The van der Waals surface area contributed by atoms with Crippen molar-refractivity contribution in [2.24, 2.45) is 0 Å². The molecular formula is C23H41NOSi. The standard InChI is InChI=1S/C23H41NOSi/c1-6-8-9-10-11-12-16-20-23(17-7-2)24(25-26(3,4)5)21-22-18-14-13-15-19-22/h7,13-15,18-19,23H,2,6,8-12,16-17,20-21H2,1,3-5H3. The summed E-state index contributed by atoms with van der Waals surface area (Å²) in [6, 6.07) is 11.1. The zero-order valence-electron chi connectivity index (χ0n) is 17.7. The molecule has 1 atom stereocenters. The van der Waals surface area contributed by atoms with Crippen LogP contribution in [0.3, 0.4) is 0 Å². The molecule has 0 saturated heterocycles. The van der Waals surface area contributed by atoms with Gasteiger partial charge in [0.25, 0.3) is 0 Å². The number of rotatable bonds is 15. The van der Waals surface area contributed by atoms with Crippen LogP contribution in [0.2, 0.25) is 19.6 Å². The lowest BCUT2D eigenvalue weighted by Gasteiger charge is -2.35. The number of hydroxylamine groups is 2. The van der Waals surface area contributed by atoms with E-state index in [4.69, 9.17) is 4.53 Å². The lowest BCUT2D eigenvalue weighted by Crippen LogP contribution is -2.43. The molecule has 1 aromatic carbocycles. The largest absolute Gasteiger partial charge is 0.343 e. The van der Waals surface area contributed by atoms with Gasteiger partial charge in [0.15, 0.2) is 0 Å². The van der Waals surface area contributed by atoms with Gasteiger partial charge in [0, 0.05) is 12.6 Å². The maximum absolute atomic E-state index is 6.49. The third kappa shape index (κ3) is 10.9. The van der Waals surface area contributed by atoms with Crippen LogP contribution in [0, 0.1) is 0 Å². The molecule has 0 aliphatic rings. The van der Waals surface area contributed by atoms with Crippen LogP contribution in [-0.4, -0.2) is 19.4 Å². The van der Waals surface area contributed by atoms with E-state index in [0.717, 1.165) is 13.0 Å². The molecule has 1 rings (SSSR count). The summed E-state index contributed by atoms with van der Waals surface area (Å²) >= 11 is 0. The highest BCUT2D eigenvalue weighted by molar-refractivity contribution is 6.69. The van der Waals surface area contributed by atoms with Crippen molar-refractivity contribution >= 4 is 8.32 Å². The first-order valence-electron chi connectivity index (χ1n) is 10.6. The average molecular weight is 376 g/mol. The highest BCUT2D eigenvalue weighted by Gasteiger charge is 2.25. The van der Waals surface area contributed by atoms with Crippen LogP contribution in [0.1, 0.15) is 70.3 Å². The Bertz CT molecular complexity index is 469. The smallest absolute Gasteiger partial charge is 0.212 e. The van der Waals surface area contributed by atoms with Crippen molar-refractivity contribution in [2.75, 3.05) is 0 Å². The van der Waals surface area contributed by atoms with Gasteiger partial charge in [0.2, 0.25) is 8.32 Å². The molecule has 0 spiro atoms.